The summed E-state index contributed by atoms with van der Waals surface area (Å²) in [5, 5.41) is 12.0. The third kappa shape index (κ3) is 4.25. The Morgan fingerprint density at radius 2 is 1.88 bits per heavy atom. The summed E-state index contributed by atoms with van der Waals surface area (Å²) in [5.74, 6) is -0.0551. The molecule has 3 heterocycles. The quantitative estimate of drug-likeness (QED) is 0.469. The maximum absolute atomic E-state index is 13.5. The predicted molar refractivity (Wildman–Crippen MR) is 127 cm³/mol. The molecule has 8 nitrogen and oxygen atoms in total. The summed E-state index contributed by atoms with van der Waals surface area (Å²) in [6.45, 7) is 7.18. The largest absolute Gasteiger partial charge is 0.424 e. The van der Waals surface area contributed by atoms with E-state index in [-0.39, 0.29) is 17.8 Å². The number of anilines is 1. The number of aryl methyl sites for hydroxylation is 2. The van der Waals surface area contributed by atoms with Crippen molar-refractivity contribution in [2.75, 3.05) is 18.4 Å². The zero-order valence-electron chi connectivity index (χ0n) is 19.5. The summed E-state index contributed by atoms with van der Waals surface area (Å²) in [4.78, 5) is 21.3. The number of hydrogen-bond acceptors (Lipinski definition) is 6. The lowest BCUT2D eigenvalue weighted by Gasteiger charge is -2.40. The standard InChI is InChI=1S/C25H27FN6O2/c1-15-5-4-12-31(22(15)14-27-25-28-21-13-19(26)8-11-23(21)34-25)24(33)18-6-9-20(10-7-18)32-29-16(2)17(3)30-32/h6-11,13,15,22H,4-5,12,14H2,1-3H3,(H,27,28)/t15-,22-/m1/s1. The van der Waals surface area contributed by atoms with Gasteiger partial charge >= 0.3 is 0 Å². The lowest BCUT2D eigenvalue weighted by atomic mass is 9.90. The molecule has 0 spiro atoms. The van der Waals surface area contributed by atoms with E-state index in [4.69, 9.17) is 4.42 Å². The van der Waals surface area contributed by atoms with Crippen molar-refractivity contribution in [1.82, 2.24) is 24.9 Å². The summed E-state index contributed by atoms with van der Waals surface area (Å²) in [5.41, 5.74) is 4.17. The monoisotopic (exact) mass is 462 g/mol. The second-order valence-corrected chi connectivity index (χ2v) is 8.90. The van der Waals surface area contributed by atoms with Crippen LogP contribution in [0.4, 0.5) is 10.4 Å². The molecule has 1 N–H and O–H groups in total. The number of aromatic nitrogens is 4. The molecule has 2 aromatic carbocycles. The van der Waals surface area contributed by atoms with E-state index in [9.17, 15) is 9.18 Å². The minimum Gasteiger partial charge on any atom is -0.424 e. The second kappa shape index (κ2) is 8.89. The zero-order chi connectivity index (χ0) is 23.8. The van der Waals surface area contributed by atoms with E-state index in [0.717, 1.165) is 29.9 Å². The molecule has 176 valence electrons. The molecule has 2 aromatic heterocycles. The number of oxazole rings is 1. The van der Waals surface area contributed by atoms with Gasteiger partial charge in [-0.05, 0) is 69.0 Å². The first kappa shape index (κ1) is 22.1. The Balaban J connectivity index is 1.31. The third-order valence-electron chi connectivity index (χ3n) is 6.55. The lowest BCUT2D eigenvalue weighted by molar-refractivity contribution is 0.0539. The fourth-order valence-corrected chi connectivity index (χ4v) is 4.45. The van der Waals surface area contributed by atoms with E-state index < -0.39 is 0 Å². The first-order valence-corrected chi connectivity index (χ1v) is 11.5. The average molecular weight is 463 g/mol. The molecule has 1 fully saturated rings. The Labute approximate surface area is 196 Å². The van der Waals surface area contributed by atoms with Crippen molar-refractivity contribution in [2.45, 2.75) is 39.7 Å². The number of nitrogens with one attached hydrogen (secondary N) is 1. The van der Waals surface area contributed by atoms with E-state index in [1.807, 2.05) is 43.0 Å². The number of piperidine rings is 1. The highest BCUT2D eigenvalue weighted by molar-refractivity contribution is 5.94. The summed E-state index contributed by atoms with van der Waals surface area (Å²) in [6, 6.07) is 11.9. The first-order chi connectivity index (χ1) is 16.4. The van der Waals surface area contributed by atoms with E-state index in [1.165, 1.54) is 12.1 Å². The van der Waals surface area contributed by atoms with Crippen LogP contribution >= 0.6 is 0 Å². The highest BCUT2D eigenvalue weighted by Gasteiger charge is 2.32. The first-order valence-electron chi connectivity index (χ1n) is 11.5. The summed E-state index contributed by atoms with van der Waals surface area (Å²) in [6.07, 6.45) is 2.00. The van der Waals surface area contributed by atoms with Gasteiger partial charge in [0.25, 0.3) is 11.9 Å². The van der Waals surface area contributed by atoms with Crippen molar-refractivity contribution >= 4 is 23.0 Å². The van der Waals surface area contributed by atoms with Crippen LogP contribution in [0.1, 0.15) is 41.5 Å². The minimum atomic E-state index is -0.357. The summed E-state index contributed by atoms with van der Waals surface area (Å²) in [7, 11) is 0. The van der Waals surface area contributed by atoms with Crippen molar-refractivity contribution in [3.8, 4) is 5.69 Å². The van der Waals surface area contributed by atoms with Gasteiger partial charge in [0.2, 0.25) is 0 Å². The van der Waals surface area contributed by atoms with Gasteiger partial charge in [0.15, 0.2) is 5.58 Å². The number of carbonyl (C=O) groups excluding carboxylic acids is 1. The number of rotatable bonds is 5. The Bertz CT molecular complexity index is 1310. The predicted octanol–water partition coefficient (Wildman–Crippen LogP) is 4.52. The smallest absolute Gasteiger partial charge is 0.295 e. The maximum atomic E-state index is 13.5. The molecule has 4 aromatic rings. The molecule has 0 bridgehead atoms. The fraction of sp³-hybridized carbons (Fsp3) is 0.360. The number of carbonyl (C=O) groups is 1. The fourth-order valence-electron chi connectivity index (χ4n) is 4.45. The van der Waals surface area contributed by atoms with Crippen LogP contribution < -0.4 is 5.32 Å². The van der Waals surface area contributed by atoms with Crippen LogP contribution in [-0.4, -0.2) is 49.9 Å². The SMILES string of the molecule is Cc1nn(-c2ccc(C(=O)N3CCC[C@@H](C)[C@H]3CNc3nc4cc(F)ccc4o3)cc2)nc1C. The van der Waals surface area contributed by atoms with Gasteiger partial charge in [-0.15, -0.1) is 0 Å². The number of hydrogen-bond donors (Lipinski definition) is 1. The minimum absolute atomic E-state index is 0.00896. The van der Waals surface area contributed by atoms with Gasteiger partial charge in [-0.3, -0.25) is 4.79 Å². The van der Waals surface area contributed by atoms with Crippen LogP contribution in [-0.2, 0) is 0 Å². The average Bonchev–Trinajstić information content (AvgIpc) is 3.39. The molecule has 34 heavy (non-hydrogen) atoms. The molecule has 1 aliphatic rings. The van der Waals surface area contributed by atoms with E-state index in [0.29, 0.717) is 41.7 Å². The van der Waals surface area contributed by atoms with Crippen molar-refractivity contribution in [2.24, 2.45) is 5.92 Å². The van der Waals surface area contributed by atoms with Crippen LogP contribution in [0, 0.1) is 25.6 Å². The van der Waals surface area contributed by atoms with Gasteiger partial charge in [-0.25, -0.2) is 4.39 Å². The molecule has 0 aliphatic carbocycles. The molecule has 1 saturated heterocycles. The van der Waals surface area contributed by atoms with Crippen molar-refractivity contribution in [1.29, 1.82) is 0 Å². The Morgan fingerprint density at radius 3 is 2.62 bits per heavy atom. The molecule has 1 amide bonds. The Hall–Kier alpha value is -3.75. The van der Waals surface area contributed by atoms with E-state index in [2.05, 4.69) is 27.4 Å². The van der Waals surface area contributed by atoms with Crippen LogP contribution in [0.15, 0.2) is 46.9 Å². The molecular formula is C25H27FN6O2. The molecule has 9 heteroatoms. The molecule has 1 aliphatic heterocycles. The summed E-state index contributed by atoms with van der Waals surface area (Å²) >= 11 is 0. The highest BCUT2D eigenvalue weighted by atomic mass is 19.1. The van der Waals surface area contributed by atoms with Crippen molar-refractivity contribution in [3.05, 3.63) is 65.2 Å². The topological polar surface area (TPSA) is 89.1 Å². The Kier molecular flexibility index (Phi) is 5.77. The van der Waals surface area contributed by atoms with E-state index >= 15 is 0 Å². The highest BCUT2D eigenvalue weighted by Crippen LogP contribution is 2.27. The molecule has 0 saturated carbocycles. The van der Waals surface area contributed by atoms with Crippen LogP contribution in [0.5, 0.6) is 0 Å². The van der Waals surface area contributed by atoms with Crippen molar-refractivity contribution in [3.63, 3.8) is 0 Å². The number of benzene rings is 2. The van der Waals surface area contributed by atoms with Crippen LogP contribution in [0.25, 0.3) is 16.8 Å². The number of likely N-dealkylation sites (tertiary alicyclic amines) is 1. The normalized spacial score (nSPS) is 18.4. The number of fused-ring (bicyclic) bond motifs is 1. The van der Waals surface area contributed by atoms with Crippen LogP contribution in [0.2, 0.25) is 0 Å². The molecule has 2 atom stereocenters. The van der Waals surface area contributed by atoms with Crippen LogP contribution in [0.3, 0.4) is 0 Å². The maximum Gasteiger partial charge on any atom is 0.295 e. The van der Waals surface area contributed by atoms with Gasteiger partial charge in [0.1, 0.15) is 11.3 Å². The van der Waals surface area contributed by atoms with Gasteiger partial charge in [0, 0.05) is 24.7 Å². The number of halogens is 1. The third-order valence-corrected chi connectivity index (χ3v) is 6.55. The van der Waals surface area contributed by atoms with Gasteiger partial charge in [-0.2, -0.15) is 20.0 Å². The molecule has 5 rings (SSSR count). The second-order valence-electron chi connectivity index (χ2n) is 8.90. The molecular weight excluding hydrogens is 435 g/mol. The number of nitrogens with zero attached hydrogens (tertiary/aromatic N) is 5. The van der Waals surface area contributed by atoms with Crippen molar-refractivity contribution < 1.29 is 13.6 Å². The Morgan fingerprint density at radius 1 is 1.15 bits per heavy atom. The summed E-state index contributed by atoms with van der Waals surface area (Å²) < 4.78 is 19.1. The van der Waals surface area contributed by atoms with Gasteiger partial charge < -0.3 is 14.6 Å². The lowest BCUT2D eigenvalue weighted by Crippen LogP contribution is -2.51. The molecule has 0 unspecified atom stereocenters. The van der Waals surface area contributed by atoms with E-state index in [1.54, 1.807) is 10.9 Å². The number of amides is 1. The van der Waals surface area contributed by atoms with Gasteiger partial charge in [-0.1, -0.05) is 6.92 Å². The zero-order valence-corrected chi connectivity index (χ0v) is 19.5. The molecule has 0 radical (unpaired) electrons. The van der Waals surface area contributed by atoms with Gasteiger partial charge in [0.05, 0.1) is 23.1 Å².